The molecule has 0 aliphatic heterocycles. The highest BCUT2D eigenvalue weighted by Gasteiger charge is 1.80. The molecule has 0 spiro atoms. The van der Waals surface area contributed by atoms with Crippen molar-refractivity contribution in [2.24, 2.45) is 0 Å². The molecular weight excluding hydrogens is 104 g/mol. The van der Waals surface area contributed by atoms with E-state index in [1.165, 1.54) is 0 Å². The Bertz CT molecular complexity index is 57.1. The van der Waals surface area contributed by atoms with E-state index in [0.29, 0.717) is 0 Å². The van der Waals surface area contributed by atoms with Crippen LogP contribution in [-0.4, -0.2) is 28.3 Å². The number of aldehydes is 1. The van der Waals surface area contributed by atoms with Crippen LogP contribution in [-0.2, 0) is 9.59 Å². The lowest BCUT2D eigenvalue weighted by molar-refractivity contribution is -0.143. The highest BCUT2D eigenvalue weighted by atomic mass is 16.4. The summed E-state index contributed by atoms with van der Waals surface area (Å²) < 4.78 is 0. The van der Waals surface area contributed by atoms with Gasteiger partial charge in [0, 0.05) is 0 Å². The van der Waals surface area contributed by atoms with Gasteiger partial charge in [0.2, 0.25) is 6.29 Å². The molecule has 7 heavy (non-hydrogen) atoms. The molecule has 5 nitrogen and oxygen atoms in total. The van der Waals surface area contributed by atoms with Gasteiger partial charge in [-0.05, 0) is 0 Å². The zero-order chi connectivity index (χ0) is 4.28. The van der Waals surface area contributed by atoms with Gasteiger partial charge in [-0.25, -0.2) is 4.79 Å². The van der Waals surface area contributed by atoms with E-state index in [1.54, 1.807) is 0 Å². The Hall–Kier alpha value is -0.940. The molecule has 0 bridgehead atoms. The van der Waals surface area contributed by atoms with E-state index >= 15 is 0 Å². The molecule has 0 amide bonds. The number of carbonyl (C=O) groups is 2. The van der Waals surface area contributed by atoms with Crippen LogP contribution in [0.4, 0.5) is 0 Å². The molecule has 44 valence electrons. The van der Waals surface area contributed by atoms with Crippen molar-refractivity contribution in [2.45, 2.75) is 0 Å². The predicted molar refractivity (Wildman–Crippen MR) is 20.9 cm³/mol. The Kier molecular flexibility index (Phi) is 21.1. The molecule has 0 unspecified atom stereocenters. The fourth-order valence-corrected chi connectivity index (χ4v) is 0. The number of hydrogen-bond donors (Lipinski definition) is 1. The van der Waals surface area contributed by atoms with Crippen LogP contribution < -0.4 is 0 Å². The second-order valence-electron chi connectivity index (χ2n) is 0.456. The quantitative estimate of drug-likeness (QED) is 0.300. The van der Waals surface area contributed by atoms with Gasteiger partial charge in [0.15, 0.2) is 0 Å². The summed E-state index contributed by atoms with van der Waals surface area (Å²) in [6, 6.07) is 0. The zero-order valence-electron chi connectivity index (χ0n) is 3.34. The summed E-state index contributed by atoms with van der Waals surface area (Å²) in [5.41, 5.74) is 0. The van der Waals surface area contributed by atoms with E-state index in [1.807, 2.05) is 0 Å². The smallest absolute Gasteiger partial charge is 0.368 e. The summed E-state index contributed by atoms with van der Waals surface area (Å²) in [6.07, 6.45) is -0.167. The van der Waals surface area contributed by atoms with Gasteiger partial charge in [-0.15, -0.1) is 0 Å². The number of carboxylic acid groups (broad SMARTS) is 1. The molecule has 0 atom stereocenters. The minimum absolute atomic E-state index is 0. The molecule has 0 aliphatic rings. The molecule has 5 heteroatoms. The molecule has 0 aromatic rings. The largest absolute Gasteiger partial charge is 0.476 e. The predicted octanol–water partition coefficient (Wildman–Crippen LogP) is -2.38. The molecule has 0 saturated heterocycles. The van der Waals surface area contributed by atoms with Crippen LogP contribution in [0.15, 0.2) is 0 Å². The first-order valence-electron chi connectivity index (χ1n) is 0.952. The highest BCUT2D eigenvalue weighted by molar-refractivity contribution is 6.19. The second kappa shape index (κ2) is 8.91. The molecule has 0 saturated carbocycles. The van der Waals surface area contributed by atoms with Gasteiger partial charge in [0.1, 0.15) is 0 Å². The monoisotopic (exact) mass is 110 g/mol. The third-order valence-electron chi connectivity index (χ3n) is 0.101. The van der Waals surface area contributed by atoms with Crippen molar-refractivity contribution in [1.82, 2.24) is 0 Å². The Morgan fingerprint density at radius 3 is 1.57 bits per heavy atom. The van der Waals surface area contributed by atoms with Crippen LogP contribution in [0, 0.1) is 0 Å². The molecule has 5 N–H and O–H groups in total. The lowest BCUT2D eigenvalue weighted by Gasteiger charge is -1.59. The minimum Gasteiger partial charge on any atom is -0.476 e. The summed E-state index contributed by atoms with van der Waals surface area (Å²) in [5.74, 6) is -1.43. The van der Waals surface area contributed by atoms with Crippen LogP contribution in [0.25, 0.3) is 0 Å². The molecule has 0 radical (unpaired) electrons. The highest BCUT2D eigenvalue weighted by Crippen LogP contribution is 1.39. The van der Waals surface area contributed by atoms with Gasteiger partial charge in [-0.2, -0.15) is 0 Å². The van der Waals surface area contributed by atoms with E-state index in [-0.39, 0.29) is 17.2 Å². The Labute approximate surface area is 39.2 Å². The minimum atomic E-state index is -1.43. The summed E-state index contributed by atoms with van der Waals surface area (Å²) in [5, 5.41) is 7.35. The standard InChI is InChI=1S/C2H2O3.2H2O/c3-1-2(4)5;;/h1H,(H,4,5);2*1H2. The SMILES string of the molecule is O.O.O=CC(=O)O. The first kappa shape index (κ1) is 16.6. The van der Waals surface area contributed by atoms with E-state index in [0.717, 1.165) is 0 Å². The van der Waals surface area contributed by atoms with Crippen LogP contribution >= 0.6 is 0 Å². The first-order valence-corrected chi connectivity index (χ1v) is 0.952. The average Bonchev–Trinajstić information content (AvgIpc) is 1.38. The fraction of sp³-hybridized carbons (Fsp3) is 0. The van der Waals surface area contributed by atoms with E-state index in [9.17, 15) is 0 Å². The third kappa shape index (κ3) is 42.2. The van der Waals surface area contributed by atoms with Gasteiger partial charge in [0.25, 0.3) is 0 Å². The Morgan fingerprint density at radius 1 is 1.43 bits per heavy atom. The second-order valence-corrected chi connectivity index (χ2v) is 0.456. The van der Waals surface area contributed by atoms with E-state index in [2.05, 4.69) is 0 Å². The average molecular weight is 110 g/mol. The molecular formula is C2H6O5. The Balaban J connectivity index is -0.0000000800. The zero-order valence-corrected chi connectivity index (χ0v) is 3.34. The van der Waals surface area contributed by atoms with Crippen molar-refractivity contribution < 1.29 is 25.6 Å². The number of carbonyl (C=O) groups excluding carboxylic acids is 1. The van der Waals surface area contributed by atoms with E-state index < -0.39 is 5.97 Å². The third-order valence-corrected chi connectivity index (χ3v) is 0.101. The van der Waals surface area contributed by atoms with Crippen molar-refractivity contribution >= 4 is 12.3 Å². The maximum absolute atomic E-state index is 9.00. The number of hydrogen-bond acceptors (Lipinski definition) is 2. The van der Waals surface area contributed by atoms with E-state index in [4.69, 9.17) is 14.7 Å². The molecule has 0 heterocycles. The Morgan fingerprint density at radius 2 is 1.57 bits per heavy atom. The lowest BCUT2D eigenvalue weighted by Crippen LogP contribution is -1.91. The van der Waals surface area contributed by atoms with Crippen LogP contribution in [0.3, 0.4) is 0 Å². The molecule has 0 aliphatic carbocycles. The van der Waals surface area contributed by atoms with Crippen molar-refractivity contribution in [2.75, 3.05) is 0 Å². The maximum atomic E-state index is 9.00. The first-order chi connectivity index (χ1) is 2.27. The summed E-state index contributed by atoms with van der Waals surface area (Å²) in [4.78, 5) is 17.9. The van der Waals surface area contributed by atoms with Gasteiger partial charge in [0.05, 0.1) is 0 Å². The van der Waals surface area contributed by atoms with Crippen LogP contribution in [0.5, 0.6) is 0 Å². The number of rotatable bonds is 1. The lowest BCUT2D eigenvalue weighted by atomic mass is 10.8. The number of carboxylic acids is 1. The molecule has 0 rings (SSSR count). The van der Waals surface area contributed by atoms with Crippen molar-refractivity contribution in [3.63, 3.8) is 0 Å². The van der Waals surface area contributed by atoms with Gasteiger partial charge >= 0.3 is 5.97 Å². The summed E-state index contributed by atoms with van der Waals surface area (Å²) >= 11 is 0. The van der Waals surface area contributed by atoms with Crippen molar-refractivity contribution in [1.29, 1.82) is 0 Å². The topological polar surface area (TPSA) is 117 Å². The fourth-order valence-electron chi connectivity index (χ4n) is 0. The van der Waals surface area contributed by atoms with Crippen LogP contribution in [0.2, 0.25) is 0 Å². The molecule has 0 fully saturated rings. The van der Waals surface area contributed by atoms with Gasteiger partial charge in [-0.3, -0.25) is 4.79 Å². The van der Waals surface area contributed by atoms with Crippen LogP contribution in [0.1, 0.15) is 0 Å². The van der Waals surface area contributed by atoms with Crippen molar-refractivity contribution in [3.05, 3.63) is 0 Å². The normalized spacial score (nSPS) is 4.57. The van der Waals surface area contributed by atoms with Crippen molar-refractivity contribution in [3.8, 4) is 0 Å². The van der Waals surface area contributed by atoms with Gasteiger partial charge < -0.3 is 16.1 Å². The van der Waals surface area contributed by atoms with Gasteiger partial charge in [-0.1, -0.05) is 0 Å². The number of aliphatic carboxylic acids is 1. The summed E-state index contributed by atoms with van der Waals surface area (Å²) in [7, 11) is 0. The summed E-state index contributed by atoms with van der Waals surface area (Å²) in [6.45, 7) is 0. The molecule has 0 aromatic heterocycles. The maximum Gasteiger partial charge on any atom is 0.368 e. The molecule has 0 aromatic carbocycles.